The van der Waals surface area contributed by atoms with Gasteiger partial charge in [-0.2, -0.15) is 10.2 Å². The maximum atomic E-state index is 13.2. The molecule has 1 N–H and O–H groups in total. The van der Waals surface area contributed by atoms with Gasteiger partial charge >= 0.3 is 0 Å². The van der Waals surface area contributed by atoms with Crippen molar-refractivity contribution in [3.05, 3.63) is 41.6 Å². The van der Waals surface area contributed by atoms with E-state index in [2.05, 4.69) is 15.4 Å². The Bertz CT molecular complexity index is 1070. The number of rotatable bonds is 3. The molecule has 2 unspecified atom stereocenters. The number of piperidine rings is 1. The van der Waals surface area contributed by atoms with E-state index >= 15 is 0 Å². The van der Waals surface area contributed by atoms with E-state index in [0.29, 0.717) is 24.3 Å². The third-order valence-electron chi connectivity index (χ3n) is 6.31. The molecule has 9 nitrogen and oxygen atoms in total. The zero-order valence-corrected chi connectivity index (χ0v) is 16.7. The number of carbonyl (C=O) groups is 1. The van der Waals surface area contributed by atoms with Gasteiger partial charge in [-0.3, -0.25) is 14.2 Å². The van der Waals surface area contributed by atoms with Crippen LogP contribution in [0, 0.1) is 6.92 Å². The van der Waals surface area contributed by atoms with Gasteiger partial charge in [0.05, 0.1) is 17.0 Å². The predicted octanol–water partition coefficient (Wildman–Crippen LogP) is 1.77. The van der Waals surface area contributed by atoms with Crippen molar-refractivity contribution in [1.29, 1.82) is 0 Å². The normalized spacial score (nSPS) is 26.3. The Labute approximate surface area is 167 Å². The highest BCUT2D eigenvalue weighted by Gasteiger charge is 2.51. The van der Waals surface area contributed by atoms with Crippen molar-refractivity contribution in [2.24, 2.45) is 14.1 Å². The molecular weight excluding hydrogens is 372 g/mol. The number of hydrogen-bond donors (Lipinski definition) is 1. The van der Waals surface area contributed by atoms with Gasteiger partial charge in [0.15, 0.2) is 11.5 Å². The van der Waals surface area contributed by atoms with Gasteiger partial charge in [-0.25, -0.2) is 0 Å². The lowest BCUT2D eigenvalue weighted by atomic mass is 9.83. The van der Waals surface area contributed by atoms with E-state index in [1.165, 1.54) is 0 Å². The summed E-state index contributed by atoms with van der Waals surface area (Å²) in [7, 11) is 3.68. The molecule has 0 radical (unpaired) electrons. The molecule has 2 atom stereocenters. The highest BCUT2D eigenvalue weighted by Crippen LogP contribution is 2.46. The van der Waals surface area contributed by atoms with Crippen LogP contribution in [0.1, 0.15) is 47.6 Å². The van der Waals surface area contributed by atoms with Crippen LogP contribution < -0.4 is 0 Å². The molecule has 0 aromatic carbocycles. The fraction of sp³-hybridized carbons (Fsp3) is 0.500. The standard InChI is InChI=1S/C20H24N6O3/c1-12-15(11-24(2)22-12)17-8-16(23-29-17)19(27)26-13-4-5-14(26)10-20(28,9-13)18-6-7-21-25(18)3/h6-8,11,13-14,28H,4-5,9-10H2,1-3H3. The summed E-state index contributed by atoms with van der Waals surface area (Å²) in [5.74, 6) is 0.399. The maximum Gasteiger partial charge on any atom is 0.276 e. The Morgan fingerprint density at radius 2 is 2.00 bits per heavy atom. The molecule has 2 fully saturated rings. The molecule has 5 rings (SSSR count). The van der Waals surface area contributed by atoms with Gasteiger partial charge in [0.1, 0.15) is 5.60 Å². The smallest absolute Gasteiger partial charge is 0.276 e. The topological polar surface area (TPSA) is 102 Å². The Kier molecular flexibility index (Phi) is 3.92. The fourth-order valence-corrected chi connectivity index (χ4v) is 5.07. The summed E-state index contributed by atoms with van der Waals surface area (Å²) in [4.78, 5) is 15.1. The summed E-state index contributed by atoms with van der Waals surface area (Å²) in [5, 5.41) is 23.9. The largest absolute Gasteiger partial charge is 0.383 e. The number of amides is 1. The van der Waals surface area contributed by atoms with Gasteiger partial charge < -0.3 is 14.5 Å². The Hall–Kier alpha value is -2.94. The highest BCUT2D eigenvalue weighted by atomic mass is 16.5. The van der Waals surface area contributed by atoms with E-state index in [-0.39, 0.29) is 18.0 Å². The lowest BCUT2D eigenvalue weighted by Gasteiger charge is -2.43. The first-order chi connectivity index (χ1) is 13.9. The number of aliphatic hydroxyl groups is 1. The zero-order chi connectivity index (χ0) is 20.3. The number of hydrogen-bond acceptors (Lipinski definition) is 6. The summed E-state index contributed by atoms with van der Waals surface area (Å²) < 4.78 is 8.88. The SMILES string of the molecule is Cc1nn(C)cc1-c1cc(C(=O)N2C3CCC2CC(O)(c2ccnn2C)C3)no1. The maximum absolute atomic E-state index is 13.2. The van der Waals surface area contributed by atoms with Crippen LogP contribution in [0.5, 0.6) is 0 Å². The minimum absolute atomic E-state index is 0.0265. The zero-order valence-electron chi connectivity index (χ0n) is 16.7. The first-order valence-corrected chi connectivity index (χ1v) is 9.86. The summed E-state index contributed by atoms with van der Waals surface area (Å²) in [6, 6.07) is 3.49. The molecular formula is C20H24N6O3. The molecule has 3 aromatic rings. The summed E-state index contributed by atoms with van der Waals surface area (Å²) in [5.41, 5.74) is 1.78. The van der Waals surface area contributed by atoms with Crippen LogP contribution in [0.4, 0.5) is 0 Å². The van der Waals surface area contributed by atoms with Crippen LogP contribution in [0.3, 0.4) is 0 Å². The molecule has 2 saturated heterocycles. The molecule has 1 amide bonds. The summed E-state index contributed by atoms with van der Waals surface area (Å²) in [6.45, 7) is 1.89. The van der Waals surface area contributed by atoms with E-state index < -0.39 is 5.60 Å². The molecule has 0 spiro atoms. The second kappa shape index (κ2) is 6.28. The quantitative estimate of drug-likeness (QED) is 0.724. The molecule has 3 aromatic heterocycles. The van der Waals surface area contributed by atoms with E-state index in [4.69, 9.17) is 4.52 Å². The first-order valence-electron chi connectivity index (χ1n) is 9.86. The van der Waals surface area contributed by atoms with Gasteiger partial charge in [-0.05, 0) is 25.8 Å². The van der Waals surface area contributed by atoms with Crippen LogP contribution >= 0.6 is 0 Å². The van der Waals surface area contributed by atoms with E-state index in [9.17, 15) is 9.90 Å². The van der Waals surface area contributed by atoms with Crippen LogP contribution in [0.2, 0.25) is 0 Å². The summed E-state index contributed by atoms with van der Waals surface area (Å²) >= 11 is 0. The van der Waals surface area contributed by atoms with Crippen LogP contribution in [-0.4, -0.2) is 52.7 Å². The first kappa shape index (κ1) is 18.1. The van der Waals surface area contributed by atoms with Crippen molar-refractivity contribution in [2.75, 3.05) is 0 Å². The van der Waals surface area contributed by atoms with Crippen LogP contribution in [0.25, 0.3) is 11.3 Å². The molecule has 5 heterocycles. The van der Waals surface area contributed by atoms with Gasteiger partial charge in [-0.1, -0.05) is 5.16 Å². The van der Waals surface area contributed by atoms with Crippen LogP contribution in [-0.2, 0) is 19.7 Å². The van der Waals surface area contributed by atoms with Crippen molar-refractivity contribution < 1.29 is 14.4 Å². The van der Waals surface area contributed by atoms with Crippen molar-refractivity contribution in [3.63, 3.8) is 0 Å². The minimum Gasteiger partial charge on any atom is -0.383 e. The van der Waals surface area contributed by atoms with Crippen molar-refractivity contribution in [3.8, 4) is 11.3 Å². The van der Waals surface area contributed by atoms with Crippen molar-refractivity contribution in [1.82, 2.24) is 29.6 Å². The number of aromatic nitrogens is 5. The summed E-state index contributed by atoms with van der Waals surface area (Å²) in [6.07, 6.45) is 6.31. The second-order valence-electron chi connectivity index (χ2n) is 8.26. The fourth-order valence-electron chi connectivity index (χ4n) is 5.07. The van der Waals surface area contributed by atoms with E-state index in [1.807, 2.05) is 38.2 Å². The van der Waals surface area contributed by atoms with Gasteiger partial charge in [0.25, 0.3) is 5.91 Å². The molecule has 9 heteroatoms. The minimum atomic E-state index is -0.963. The third-order valence-corrected chi connectivity index (χ3v) is 6.31. The molecule has 152 valence electrons. The Morgan fingerprint density at radius 3 is 2.59 bits per heavy atom. The highest BCUT2D eigenvalue weighted by molar-refractivity contribution is 5.94. The average Bonchev–Trinajstić information content (AvgIpc) is 3.42. The second-order valence-corrected chi connectivity index (χ2v) is 8.26. The van der Waals surface area contributed by atoms with Crippen molar-refractivity contribution in [2.45, 2.75) is 50.3 Å². The average molecular weight is 396 g/mol. The van der Waals surface area contributed by atoms with Gasteiger partial charge in [0.2, 0.25) is 0 Å². The third kappa shape index (κ3) is 2.79. The van der Waals surface area contributed by atoms with E-state index in [0.717, 1.165) is 29.8 Å². The molecule has 2 aliphatic heterocycles. The lowest BCUT2D eigenvalue weighted by Crippen LogP contribution is -2.52. The number of aryl methyl sites for hydroxylation is 3. The lowest BCUT2D eigenvalue weighted by molar-refractivity contribution is -0.0532. The monoisotopic (exact) mass is 396 g/mol. The number of fused-ring (bicyclic) bond motifs is 2. The number of nitrogens with zero attached hydrogens (tertiary/aromatic N) is 6. The van der Waals surface area contributed by atoms with Gasteiger partial charge in [0, 0.05) is 57.5 Å². The van der Waals surface area contributed by atoms with Crippen LogP contribution in [0.15, 0.2) is 29.0 Å². The molecule has 2 aliphatic rings. The molecule has 0 saturated carbocycles. The molecule has 29 heavy (non-hydrogen) atoms. The molecule has 2 bridgehead atoms. The molecule has 0 aliphatic carbocycles. The van der Waals surface area contributed by atoms with E-state index in [1.54, 1.807) is 21.6 Å². The Morgan fingerprint density at radius 1 is 1.28 bits per heavy atom. The number of carbonyl (C=O) groups excluding carboxylic acids is 1. The van der Waals surface area contributed by atoms with Crippen molar-refractivity contribution >= 4 is 5.91 Å². The predicted molar refractivity (Wildman–Crippen MR) is 103 cm³/mol. The Balaban J connectivity index is 1.40. The van der Waals surface area contributed by atoms with Gasteiger partial charge in [-0.15, -0.1) is 0 Å².